The van der Waals surface area contributed by atoms with E-state index >= 15 is 0 Å². The number of anilines is 2. The Morgan fingerprint density at radius 2 is 2.24 bits per heavy atom. The van der Waals surface area contributed by atoms with Gasteiger partial charge in [0.25, 0.3) is 0 Å². The van der Waals surface area contributed by atoms with Gasteiger partial charge in [-0.25, -0.2) is 9.97 Å². The van der Waals surface area contributed by atoms with E-state index in [1.54, 1.807) is 7.05 Å². The number of aromatic nitrogens is 2. The van der Waals surface area contributed by atoms with Gasteiger partial charge in [-0.15, -0.1) is 0 Å². The van der Waals surface area contributed by atoms with Gasteiger partial charge in [0.05, 0.1) is 6.54 Å². The van der Waals surface area contributed by atoms with Crippen LogP contribution in [0, 0.1) is 0 Å². The summed E-state index contributed by atoms with van der Waals surface area (Å²) in [6.07, 6.45) is 1.41. The molecule has 0 aliphatic rings. The van der Waals surface area contributed by atoms with Gasteiger partial charge in [0, 0.05) is 7.05 Å². The Morgan fingerprint density at radius 3 is 2.88 bits per heavy atom. The molecule has 17 heavy (non-hydrogen) atoms. The molecule has 5 nitrogen and oxygen atoms in total. The molecule has 0 saturated heterocycles. The van der Waals surface area contributed by atoms with Crippen LogP contribution in [-0.2, 0) is 6.54 Å². The average Bonchev–Trinajstić information content (AvgIpc) is 2.72. The Hall–Kier alpha value is -1.27. The van der Waals surface area contributed by atoms with Gasteiger partial charge in [0.15, 0.2) is 15.6 Å². The molecule has 2 N–H and O–H groups in total. The predicted octanol–water partition coefficient (Wildman–Crippen LogP) is 3.14. The third-order valence-electron chi connectivity index (χ3n) is 2.11. The number of hydrogen-bond acceptors (Lipinski definition) is 5. The lowest BCUT2D eigenvalue weighted by Crippen LogP contribution is -2.05. The van der Waals surface area contributed by atoms with Crippen molar-refractivity contribution < 1.29 is 4.42 Å². The van der Waals surface area contributed by atoms with E-state index in [9.17, 15) is 0 Å². The van der Waals surface area contributed by atoms with Crippen molar-refractivity contribution in [3.05, 3.63) is 34.0 Å². The fourth-order valence-electron chi connectivity index (χ4n) is 1.34. The number of nitrogens with zero attached hydrogens (tertiary/aromatic N) is 2. The fourth-order valence-corrected chi connectivity index (χ4v) is 1.90. The molecule has 2 heterocycles. The lowest BCUT2D eigenvalue weighted by Gasteiger charge is -2.09. The lowest BCUT2D eigenvalue weighted by atomic mass is 10.4. The molecule has 0 aromatic carbocycles. The van der Waals surface area contributed by atoms with Crippen molar-refractivity contribution in [1.82, 2.24) is 9.97 Å². The maximum atomic E-state index is 5.93. The Balaban J connectivity index is 2.11. The van der Waals surface area contributed by atoms with Crippen LogP contribution in [-0.4, -0.2) is 17.0 Å². The van der Waals surface area contributed by atoms with Gasteiger partial charge in [-0.3, -0.25) is 0 Å². The highest BCUT2D eigenvalue weighted by Crippen LogP contribution is 2.26. The SMILES string of the molecule is CNc1c(Cl)ncnc1NCc1ccc(Br)o1. The highest BCUT2D eigenvalue weighted by Gasteiger charge is 2.08. The van der Waals surface area contributed by atoms with Gasteiger partial charge < -0.3 is 15.1 Å². The summed E-state index contributed by atoms with van der Waals surface area (Å²) in [4.78, 5) is 8.00. The summed E-state index contributed by atoms with van der Waals surface area (Å²) in [5.74, 6) is 1.44. The zero-order valence-corrected chi connectivity index (χ0v) is 11.3. The molecule has 0 radical (unpaired) electrons. The van der Waals surface area contributed by atoms with E-state index in [1.807, 2.05) is 12.1 Å². The van der Waals surface area contributed by atoms with Crippen LogP contribution >= 0.6 is 27.5 Å². The van der Waals surface area contributed by atoms with Gasteiger partial charge in [-0.05, 0) is 28.1 Å². The zero-order valence-electron chi connectivity index (χ0n) is 9.00. The van der Waals surface area contributed by atoms with Crippen LogP contribution < -0.4 is 10.6 Å². The number of halogens is 2. The van der Waals surface area contributed by atoms with Crippen molar-refractivity contribution in [2.75, 3.05) is 17.7 Å². The summed E-state index contributed by atoms with van der Waals surface area (Å²) in [6.45, 7) is 0.521. The van der Waals surface area contributed by atoms with Gasteiger partial charge >= 0.3 is 0 Å². The van der Waals surface area contributed by atoms with Crippen LogP contribution in [0.1, 0.15) is 5.76 Å². The second kappa shape index (κ2) is 5.37. The Kier molecular flexibility index (Phi) is 3.86. The van der Waals surface area contributed by atoms with Crippen LogP contribution in [0.3, 0.4) is 0 Å². The van der Waals surface area contributed by atoms with Gasteiger partial charge in [0.2, 0.25) is 0 Å². The number of nitrogens with one attached hydrogen (secondary N) is 2. The smallest absolute Gasteiger partial charge is 0.169 e. The molecule has 0 amide bonds. The van der Waals surface area contributed by atoms with Crippen LogP contribution in [0.2, 0.25) is 5.15 Å². The molecule has 90 valence electrons. The second-order valence-corrected chi connectivity index (χ2v) is 4.34. The fraction of sp³-hybridized carbons (Fsp3) is 0.200. The molecule has 0 unspecified atom stereocenters. The van der Waals surface area contributed by atoms with Gasteiger partial charge in [-0.2, -0.15) is 0 Å². The molecule has 2 rings (SSSR count). The summed E-state index contributed by atoms with van der Waals surface area (Å²) in [5, 5.41) is 6.45. The first-order valence-electron chi connectivity index (χ1n) is 4.87. The summed E-state index contributed by atoms with van der Waals surface area (Å²) in [5.41, 5.74) is 0.666. The molecular formula is C10H10BrClN4O. The first-order valence-corrected chi connectivity index (χ1v) is 6.04. The molecule has 0 fully saturated rings. The van der Waals surface area contributed by atoms with Crippen molar-refractivity contribution in [1.29, 1.82) is 0 Å². The summed E-state index contributed by atoms with van der Waals surface area (Å²) >= 11 is 9.18. The topological polar surface area (TPSA) is 63.0 Å². The quantitative estimate of drug-likeness (QED) is 0.848. The summed E-state index contributed by atoms with van der Waals surface area (Å²) < 4.78 is 6.06. The monoisotopic (exact) mass is 316 g/mol. The summed E-state index contributed by atoms with van der Waals surface area (Å²) in [7, 11) is 1.76. The van der Waals surface area contributed by atoms with E-state index < -0.39 is 0 Å². The van der Waals surface area contributed by atoms with E-state index in [4.69, 9.17) is 16.0 Å². The van der Waals surface area contributed by atoms with Crippen molar-refractivity contribution in [2.24, 2.45) is 0 Å². The van der Waals surface area contributed by atoms with E-state index in [-0.39, 0.29) is 0 Å². The average molecular weight is 318 g/mol. The van der Waals surface area contributed by atoms with Crippen molar-refractivity contribution in [3.8, 4) is 0 Å². The number of rotatable bonds is 4. The van der Waals surface area contributed by atoms with E-state index in [1.165, 1.54) is 6.33 Å². The largest absolute Gasteiger partial charge is 0.452 e. The first-order chi connectivity index (χ1) is 8.20. The third kappa shape index (κ3) is 2.89. The Morgan fingerprint density at radius 1 is 1.41 bits per heavy atom. The normalized spacial score (nSPS) is 10.3. The summed E-state index contributed by atoms with van der Waals surface area (Å²) in [6, 6.07) is 3.71. The van der Waals surface area contributed by atoms with Gasteiger partial charge in [0.1, 0.15) is 17.8 Å². The third-order valence-corrected chi connectivity index (χ3v) is 2.82. The molecule has 0 bridgehead atoms. The highest BCUT2D eigenvalue weighted by atomic mass is 79.9. The van der Waals surface area contributed by atoms with E-state index in [0.29, 0.717) is 27.9 Å². The Labute approximate surface area is 112 Å². The number of furan rings is 1. The minimum absolute atomic E-state index is 0.380. The maximum Gasteiger partial charge on any atom is 0.169 e. The first kappa shape index (κ1) is 12.2. The lowest BCUT2D eigenvalue weighted by molar-refractivity contribution is 0.495. The minimum atomic E-state index is 0.380. The molecule has 0 aliphatic carbocycles. The van der Waals surface area contributed by atoms with Crippen LogP contribution in [0.25, 0.3) is 0 Å². The maximum absolute atomic E-state index is 5.93. The highest BCUT2D eigenvalue weighted by molar-refractivity contribution is 9.10. The molecule has 0 saturated carbocycles. The van der Waals surface area contributed by atoms with Crippen LogP contribution in [0.5, 0.6) is 0 Å². The molecular weight excluding hydrogens is 307 g/mol. The Bertz CT molecular complexity index is 517. The van der Waals surface area contributed by atoms with Crippen LogP contribution in [0.4, 0.5) is 11.5 Å². The molecule has 0 atom stereocenters. The predicted molar refractivity (Wildman–Crippen MR) is 70.3 cm³/mol. The van der Waals surface area contributed by atoms with E-state index in [2.05, 4.69) is 36.5 Å². The van der Waals surface area contributed by atoms with Gasteiger partial charge in [-0.1, -0.05) is 11.6 Å². The molecule has 7 heteroatoms. The zero-order chi connectivity index (χ0) is 12.3. The van der Waals surface area contributed by atoms with Crippen molar-refractivity contribution in [2.45, 2.75) is 6.54 Å². The second-order valence-electron chi connectivity index (χ2n) is 3.20. The molecule has 2 aromatic heterocycles. The number of hydrogen-bond donors (Lipinski definition) is 2. The molecule has 0 aliphatic heterocycles. The minimum Gasteiger partial charge on any atom is -0.452 e. The van der Waals surface area contributed by atoms with Crippen molar-refractivity contribution in [3.63, 3.8) is 0 Å². The van der Waals surface area contributed by atoms with Crippen LogP contribution in [0.15, 0.2) is 27.5 Å². The molecule has 0 spiro atoms. The van der Waals surface area contributed by atoms with E-state index in [0.717, 1.165) is 5.76 Å². The van der Waals surface area contributed by atoms with Crippen molar-refractivity contribution >= 4 is 39.0 Å². The molecule has 2 aromatic rings. The standard InChI is InChI=1S/C10H10BrClN4O/c1-13-8-9(12)15-5-16-10(8)14-4-6-2-3-7(11)17-6/h2-3,5,13H,4H2,1H3,(H,14,15,16).